The van der Waals surface area contributed by atoms with Crippen LogP contribution in [-0.4, -0.2) is 28.7 Å². The number of rotatable bonds is 8. The van der Waals surface area contributed by atoms with Gasteiger partial charge in [-0.3, -0.25) is 0 Å². The molecule has 4 rings (SSSR count). The number of ether oxygens (including phenoxy) is 2. The van der Waals surface area contributed by atoms with Crippen LogP contribution in [-0.2, 0) is 0 Å². The summed E-state index contributed by atoms with van der Waals surface area (Å²) in [4.78, 5) is 1.08. The van der Waals surface area contributed by atoms with E-state index in [0.29, 0.717) is 12.4 Å². The van der Waals surface area contributed by atoms with Crippen LogP contribution in [0.15, 0.2) is 71.8 Å². The Kier molecular flexibility index (Phi) is 6.67. The fraction of sp³-hybridized carbons (Fsp3) is 0.240. The van der Waals surface area contributed by atoms with Gasteiger partial charge in [0.2, 0.25) is 0 Å². The number of nitrogens with two attached hydrogens (primary N) is 1. The van der Waals surface area contributed by atoms with E-state index in [1.54, 1.807) is 34.8 Å². The average molecular weight is 452 g/mol. The van der Waals surface area contributed by atoms with E-state index >= 15 is 0 Å². The lowest BCUT2D eigenvalue weighted by atomic mass is 10.0. The molecule has 5 nitrogen and oxygen atoms in total. The van der Waals surface area contributed by atoms with Gasteiger partial charge < -0.3 is 15.2 Å². The zero-order valence-electron chi connectivity index (χ0n) is 18.3. The number of aromatic nitrogens is 2. The maximum absolute atomic E-state index is 13.3. The van der Waals surface area contributed by atoms with E-state index in [4.69, 9.17) is 15.2 Å². The first kappa shape index (κ1) is 22.2. The molecule has 0 saturated heterocycles. The zero-order chi connectivity index (χ0) is 22.7. The molecule has 0 spiro atoms. The van der Waals surface area contributed by atoms with Crippen LogP contribution >= 0.6 is 11.8 Å². The molecule has 0 unspecified atom stereocenters. The van der Waals surface area contributed by atoms with Gasteiger partial charge in [0.15, 0.2) is 0 Å². The van der Waals surface area contributed by atoms with Crippen LogP contribution in [0, 0.1) is 5.82 Å². The molecule has 2 atom stereocenters. The monoisotopic (exact) mass is 451 g/mol. The Morgan fingerprint density at radius 1 is 1.09 bits per heavy atom. The first-order valence-corrected chi connectivity index (χ1v) is 11.7. The number of benzene rings is 3. The molecular weight excluding hydrogens is 425 g/mol. The quantitative estimate of drug-likeness (QED) is 0.346. The molecule has 32 heavy (non-hydrogen) atoms. The van der Waals surface area contributed by atoms with Crippen LogP contribution in [0.1, 0.15) is 25.5 Å². The summed E-state index contributed by atoms with van der Waals surface area (Å²) in [5.74, 6) is 1.26. The van der Waals surface area contributed by atoms with Crippen LogP contribution < -0.4 is 15.2 Å². The molecule has 1 aromatic heterocycles. The molecule has 0 aliphatic heterocycles. The molecule has 7 heteroatoms. The molecule has 0 aliphatic carbocycles. The van der Waals surface area contributed by atoms with Crippen molar-refractivity contribution in [3.8, 4) is 17.2 Å². The number of thioether (sulfide) groups is 1. The van der Waals surface area contributed by atoms with E-state index in [1.807, 2.05) is 56.5 Å². The van der Waals surface area contributed by atoms with Gasteiger partial charge in [-0.2, -0.15) is 5.10 Å². The van der Waals surface area contributed by atoms with Crippen molar-refractivity contribution in [1.29, 1.82) is 0 Å². The summed E-state index contributed by atoms with van der Waals surface area (Å²) in [7, 11) is 0. The van der Waals surface area contributed by atoms with Gasteiger partial charge in [0.05, 0.1) is 24.0 Å². The standard InChI is InChI=1S/C25H26FN3O2S/c1-4-30-23-14-17(5-12-24(23)32-3)25(16(2)27)31-21-10-11-22-18(13-21)15-28-29(22)20-8-6-19(26)7-9-20/h5-16,25H,4,27H2,1-3H3/t16-,25-/m0/s1. The molecule has 3 aromatic carbocycles. The molecule has 0 aliphatic rings. The maximum Gasteiger partial charge on any atom is 0.139 e. The molecule has 166 valence electrons. The minimum atomic E-state index is -0.338. The highest BCUT2D eigenvalue weighted by Crippen LogP contribution is 2.34. The van der Waals surface area contributed by atoms with Crippen LogP contribution in [0.5, 0.6) is 11.5 Å². The Balaban J connectivity index is 1.63. The lowest BCUT2D eigenvalue weighted by Gasteiger charge is -2.24. The molecular formula is C25H26FN3O2S. The molecule has 0 radical (unpaired) electrons. The van der Waals surface area contributed by atoms with Crippen molar-refractivity contribution in [2.45, 2.75) is 30.9 Å². The summed E-state index contributed by atoms with van der Waals surface area (Å²) >= 11 is 1.64. The van der Waals surface area contributed by atoms with Crippen molar-refractivity contribution in [2.24, 2.45) is 5.73 Å². The highest BCUT2D eigenvalue weighted by atomic mass is 32.2. The second-order valence-electron chi connectivity index (χ2n) is 7.49. The molecule has 0 fully saturated rings. The van der Waals surface area contributed by atoms with Crippen LogP contribution in [0.4, 0.5) is 4.39 Å². The van der Waals surface area contributed by atoms with E-state index in [2.05, 4.69) is 5.10 Å². The molecule has 1 heterocycles. The fourth-order valence-electron chi connectivity index (χ4n) is 3.64. The van der Waals surface area contributed by atoms with E-state index in [1.165, 1.54) is 12.1 Å². The smallest absolute Gasteiger partial charge is 0.139 e. The van der Waals surface area contributed by atoms with Gasteiger partial charge >= 0.3 is 0 Å². The van der Waals surface area contributed by atoms with Crippen LogP contribution in [0.2, 0.25) is 0 Å². The van der Waals surface area contributed by atoms with Crippen molar-refractivity contribution in [1.82, 2.24) is 9.78 Å². The second-order valence-corrected chi connectivity index (χ2v) is 8.34. The normalized spacial score (nSPS) is 13.2. The third kappa shape index (κ3) is 4.59. The Bertz CT molecular complexity index is 1210. The fourth-order valence-corrected chi connectivity index (χ4v) is 4.16. The van der Waals surface area contributed by atoms with Gasteiger partial charge in [-0.15, -0.1) is 11.8 Å². The third-order valence-corrected chi connectivity index (χ3v) is 5.94. The van der Waals surface area contributed by atoms with E-state index in [-0.39, 0.29) is 18.0 Å². The SMILES string of the molecule is CCOc1cc([C@@H](Oc2ccc3c(cnn3-c3ccc(F)cc3)c2)[C@H](C)N)ccc1SC. The third-order valence-electron chi connectivity index (χ3n) is 5.17. The maximum atomic E-state index is 13.3. The Hall–Kier alpha value is -3.03. The summed E-state index contributed by atoms with van der Waals surface area (Å²) in [6.07, 6.45) is 3.46. The number of hydrogen-bond donors (Lipinski definition) is 1. The van der Waals surface area contributed by atoms with E-state index in [9.17, 15) is 4.39 Å². The van der Waals surface area contributed by atoms with E-state index < -0.39 is 0 Å². The van der Waals surface area contributed by atoms with Crippen LogP contribution in [0.3, 0.4) is 0 Å². The number of fused-ring (bicyclic) bond motifs is 1. The van der Waals surface area contributed by atoms with Gasteiger partial charge in [0.25, 0.3) is 0 Å². The summed E-state index contributed by atoms with van der Waals surface area (Å²) in [6, 6.07) is 17.9. The minimum Gasteiger partial charge on any atom is -0.493 e. The first-order valence-electron chi connectivity index (χ1n) is 10.5. The molecule has 0 bridgehead atoms. The average Bonchev–Trinajstić information content (AvgIpc) is 3.21. The second kappa shape index (κ2) is 9.63. The molecule has 0 amide bonds. The topological polar surface area (TPSA) is 62.3 Å². The number of halogens is 1. The molecule has 0 saturated carbocycles. The Morgan fingerprint density at radius 3 is 2.56 bits per heavy atom. The zero-order valence-corrected chi connectivity index (χ0v) is 19.1. The van der Waals surface area contributed by atoms with Gasteiger partial charge in [-0.1, -0.05) is 6.07 Å². The van der Waals surface area contributed by atoms with Gasteiger partial charge in [0, 0.05) is 16.3 Å². The Labute approximate surface area is 191 Å². The summed E-state index contributed by atoms with van der Waals surface area (Å²) in [6.45, 7) is 4.49. The van der Waals surface area contributed by atoms with Gasteiger partial charge in [0.1, 0.15) is 23.4 Å². The van der Waals surface area contributed by atoms with Gasteiger partial charge in [-0.05, 0) is 80.3 Å². The highest BCUT2D eigenvalue weighted by Gasteiger charge is 2.21. The summed E-state index contributed by atoms with van der Waals surface area (Å²) in [5, 5.41) is 5.37. The molecule has 4 aromatic rings. The number of hydrogen-bond acceptors (Lipinski definition) is 5. The summed E-state index contributed by atoms with van der Waals surface area (Å²) in [5.41, 5.74) is 8.96. The van der Waals surface area contributed by atoms with Crippen LogP contribution in [0.25, 0.3) is 16.6 Å². The highest BCUT2D eigenvalue weighted by molar-refractivity contribution is 7.98. The van der Waals surface area contributed by atoms with Crippen molar-refractivity contribution >= 4 is 22.7 Å². The van der Waals surface area contributed by atoms with Crippen molar-refractivity contribution in [3.05, 3.63) is 78.2 Å². The van der Waals surface area contributed by atoms with E-state index in [0.717, 1.165) is 32.8 Å². The largest absolute Gasteiger partial charge is 0.493 e. The minimum absolute atomic E-state index is 0.234. The predicted molar refractivity (Wildman–Crippen MR) is 127 cm³/mol. The lowest BCUT2D eigenvalue weighted by Crippen LogP contribution is -2.29. The van der Waals surface area contributed by atoms with Crippen molar-refractivity contribution in [2.75, 3.05) is 12.9 Å². The Morgan fingerprint density at radius 2 is 1.88 bits per heavy atom. The van der Waals surface area contributed by atoms with Gasteiger partial charge in [-0.25, -0.2) is 9.07 Å². The first-order chi connectivity index (χ1) is 15.5. The van der Waals surface area contributed by atoms with Crippen molar-refractivity contribution < 1.29 is 13.9 Å². The molecule has 2 N–H and O–H groups in total. The lowest BCUT2D eigenvalue weighted by molar-refractivity contribution is 0.180. The predicted octanol–water partition coefficient (Wildman–Crippen LogP) is 5.75. The summed E-state index contributed by atoms with van der Waals surface area (Å²) < 4.78 is 27.2. The number of nitrogens with zero attached hydrogens (tertiary/aromatic N) is 2. The van der Waals surface area contributed by atoms with Crippen molar-refractivity contribution in [3.63, 3.8) is 0 Å².